The summed E-state index contributed by atoms with van der Waals surface area (Å²) in [4.78, 5) is 1.04. The Hall–Kier alpha value is -0.760. The lowest BCUT2D eigenvalue weighted by Crippen LogP contribution is -2.46. The number of sulfonamides is 1. The zero-order valence-electron chi connectivity index (χ0n) is 12.2. The Balaban J connectivity index is 1.84. The van der Waals surface area contributed by atoms with Gasteiger partial charge in [-0.25, -0.2) is 8.42 Å². The van der Waals surface area contributed by atoms with Crippen molar-refractivity contribution in [2.75, 3.05) is 36.9 Å². The smallest absolute Gasteiger partial charge is 0.215 e. The lowest BCUT2D eigenvalue weighted by molar-refractivity contribution is -0.00271. The molecule has 0 aliphatic carbocycles. The van der Waals surface area contributed by atoms with Crippen LogP contribution in [0.5, 0.6) is 0 Å². The first-order valence-electron chi connectivity index (χ1n) is 7.09. The molecule has 21 heavy (non-hydrogen) atoms. The van der Waals surface area contributed by atoms with Gasteiger partial charge >= 0.3 is 0 Å². The van der Waals surface area contributed by atoms with Gasteiger partial charge in [0.1, 0.15) is 0 Å². The standard InChI is InChI=1S/C14H22N2O3S2/c1-2-13-11-16(7-8-19-13)21(17,18)10-9-20-14-5-3-12(15)4-6-14/h3-6,13H,2,7-11,15H2,1H3. The number of ether oxygens (including phenoxy) is 1. The number of nitrogens with two attached hydrogens (primary N) is 1. The van der Waals surface area contributed by atoms with Crippen molar-refractivity contribution in [1.82, 2.24) is 4.31 Å². The van der Waals surface area contributed by atoms with Crippen LogP contribution in [-0.4, -0.2) is 50.0 Å². The average molecular weight is 330 g/mol. The highest BCUT2D eigenvalue weighted by molar-refractivity contribution is 8.00. The van der Waals surface area contributed by atoms with Gasteiger partial charge in [-0.15, -0.1) is 11.8 Å². The van der Waals surface area contributed by atoms with Crippen LogP contribution in [0.4, 0.5) is 5.69 Å². The van der Waals surface area contributed by atoms with Crippen molar-refractivity contribution < 1.29 is 13.2 Å². The summed E-state index contributed by atoms with van der Waals surface area (Å²) in [7, 11) is -3.20. The third-order valence-electron chi connectivity index (χ3n) is 3.44. The number of benzene rings is 1. The van der Waals surface area contributed by atoms with Gasteiger partial charge in [-0.2, -0.15) is 4.31 Å². The Morgan fingerprint density at radius 1 is 1.38 bits per heavy atom. The number of anilines is 1. The molecule has 0 saturated carbocycles. The van der Waals surface area contributed by atoms with Gasteiger partial charge in [0.05, 0.1) is 18.5 Å². The predicted molar refractivity (Wildman–Crippen MR) is 87.0 cm³/mol. The number of hydrogen-bond donors (Lipinski definition) is 1. The second-order valence-corrected chi connectivity index (χ2v) is 8.25. The predicted octanol–water partition coefficient (Wildman–Crippen LogP) is 1.80. The maximum atomic E-state index is 12.3. The minimum absolute atomic E-state index is 0.0262. The van der Waals surface area contributed by atoms with E-state index in [4.69, 9.17) is 10.5 Å². The number of hydrogen-bond acceptors (Lipinski definition) is 5. The fourth-order valence-electron chi connectivity index (χ4n) is 2.15. The quantitative estimate of drug-likeness (QED) is 0.636. The summed E-state index contributed by atoms with van der Waals surface area (Å²) in [5, 5.41) is 0. The van der Waals surface area contributed by atoms with E-state index in [9.17, 15) is 8.42 Å². The first-order chi connectivity index (χ1) is 10.0. The van der Waals surface area contributed by atoms with Crippen molar-refractivity contribution in [2.24, 2.45) is 0 Å². The summed E-state index contributed by atoms with van der Waals surface area (Å²) in [5.74, 6) is 0.693. The molecule has 0 amide bonds. The van der Waals surface area contributed by atoms with E-state index in [1.54, 1.807) is 4.31 Å². The Morgan fingerprint density at radius 3 is 2.76 bits per heavy atom. The number of nitrogens with zero attached hydrogens (tertiary/aromatic N) is 1. The Labute approximate surface area is 130 Å². The Bertz CT molecular complexity index is 546. The van der Waals surface area contributed by atoms with Crippen LogP contribution < -0.4 is 5.73 Å². The van der Waals surface area contributed by atoms with Crippen LogP contribution in [0.2, 0.25) is 0 Å². The maximum Gasteiger partial charge on any atom is 0.215 e. The van der Waals surface area contributed by atoms with E-state index >= 15 is 0 Å². The molecule has 1 aliphatic heterocycles. The largest absolute Gasteiger partial charge is 0.399 e. The normalized spacial score (nSPS) is 20.5. The van der Waals surface area contributed by atoms with Gasteiger partial charge in [-0.1, -0.05) is 6.92 Å². The molecule has 0 spiro atoms. The van der Waals surface area contributed by atoms with E-state index in [2.05, 4.69) is 0 Å². The molecule has 7 heteroatoms. The Kier molecular flexibility index (Phi) is 5.92. The van der Waals surface area contributed by atoms with Crippen LogP contribution in [0.1, 0.15) is 13.3 Å². The molecule has 1 saturated heterocycles. The topological polar surface area (TPSA) is 72.6 Å². The van der Waals surface area contributed by atoms with Crippen molar-refractivity contribution in [3.63, 3.8) is 0 Å². The van der Waals surface area contributed by atoms with Crippen LogP contribution >= 0.6 is 11.8 Å². The van der Waals surface area contributed by atoms with E-state index in [1.165, 1.54) is 11.8 Å². The lowest BCUT2D eigenvalue weighted by atomic mass is 10.2. The maximum absolute atomic E-state index is 12.3. The molecule has 1 fully saturated rings. The molecular weight excluding hydrogens is 308 g/mol. The van der Waals surface area contributed by atoms with Gasteiger partial charge in [0, 0.05) is 29.4 Å². The third-order valence-corrected chi connectivity index (χ3v) is 6.55. The van der Waals surface area contributed by atoms with Crippen LogP contribution in [0.3, 0.4) is 0 Å². The fraction of sp³-hybridized carbons (Fsp3) is 0.571. The molecule has 1 aromatic carbocycles. The molecule has 118 valence electrons. The molecule has 1 unspecified atom stereocenters. The van der Waals surface area contributed by atoms with Gasteiger partial charge < -0.3 is 10.5 Å². The zero-order chi connectivity index (χ0) is 15.3. The monoisotopic (exact) mass is 330 g/mol. The third kappa shape index (κ3) is 4.88. The van der Waals surface area contributed by atoms with Crippen molar-refractivity contribution in [1.29, 1.82) is 0 Å². The van der Waals surface area contributed by atoms with Gasteiger partial charge in [-0.3, -0.25) is 0 Å². The Morgan fingerprint density at radius 2 is 2.10 bits per heavy atom. The first kappa shape index (κ1) is 16.6. The molecule has 2 N–H and O–H groups in total. The van der Waals surface area contributed by atoms with E-state index in [0.717, 1.165) is 11.3 Å². The minimum Gasteiger partial charge on any atom is -0.399 e. The van der Waals surface area contributed by atoms with Crippen molar-refractivity contribution in [3.05, 3.63) is 24.3 Å². The molecule has 0 aromatic heterocycles. The van der Waals surface area contributed by atoms with E-state index < -0.39 is 10.0 Å². The summed E-state index contributed by atoms with van der Waals surface area (Å²) in [6, 6.07) is 7.47. The molecule has 1 atom stereocenters. The molecule has 1 aliphatic rings. The molecule has 5 nitrogen and oxygen atoms in total. The number of thioether (sulfide) groups is 1. The van der Waals surface area contributed by atoms with E-state index in [0.29, 0.717) is 31.1 Å². The molecule has 0 radical (unpaired) electrons. The first-order valence-corrected chi connectivity index (χ1v) is 9.68. The highest BCUT2D eigenvalue weighted by Crippen LogP contribution is 2.20. The average Bonchev–Trinajstić information content (AvgIpc) is 2.49. The van der Waals surface area contributed by atoms with Crippen LogP contribution in [0.25, 0.3) is 0 Å². The fourth-order valence-corrected chi connectivity index (χ4v) is 4.89. The van der Waals surface area contributed by atoms with Crippen LogP contribution in [-0.2, 0) is 14.8 Å². The van der Waals surface area contributed by atoms with Gasteiger partial charge in [0.25, 0.3) is 0 Å². The molecule has 1 aromatic rings. The van der Waals surface area contributed by atoms with Crippen LogP contribution in [0, 0.1) is 0 Å². The van der Waals surface area contributed by atoms with Crippen molar-refractivity contribution in [2.45, 2.75) is 24.3 Å². The summed E-state index contributed by atoms with van der Waals surface area (Å²) in [6.45, 7) is 3.44. The van der Waals surface area contributed by atoms with Gasteiger partial charge in [0.15, 0.2) is 0 Å². The number of nitrogen functional groups attached to an aromatic ring is 1. The second kappa shape index (κ2) is 7.49. The highest BCUT2D eigenvalue weighted by Gasteiger charge is 2.28. The van der Waals surface area contributed by atoms with Gasteiger partial charge in [0.2, 0.25) is 10.0 Å². The summed E-state index contributed by atoms with van der Waals surface area (Å²) >= 11 is 1.53. The highest BCUT2D eigenvalue weighted by atomic mass is 32.2. The summed E-state index contributed by atoms with van der Waals surface area (Å²) in [5.41, 5.74) is 6.34. The van der Waals surface area contributed by atoms with Gasteiger partial charge in [-0.05, 0) is 30.7 Å². The molecule has 0 bridgehead atoms. The van der Waals surface area contributed by atoms with Crippen molar-refractivity contribution >= 4 is 27.5 Å². The number of morpholine rings is 1. The molecular formula is C14H22N2O3S2. The molecule has 2 rings (SSSR count). The molecule has 1 heterocycles. The SMILES string of the molecule is CCC1CN(S(=O)(=O)CCSc2ccc(N)cc2)CCO1. The summed E-state index contributed by atoms with van der Waals surface area (Å²) < 4.78 is 31.7. The van der Waals surface area contributed by atoms with E-state index in [-0.39, 0.29) is 11.9 Å². The zero-order valence-corrected chi connectivity index (χ0v) is 13.8. The summed E-state index contributed by atoms with van der Waals surface area (Å²) in [6.07, 6.45) is 0.866. The minimum atomic E-state index is -3.20. The number of rotatable bonds is 6. The lowest BCUT2D eigenvalue weighted by Gasteiger charge is -2.31. The van der Waals surface area contributed by atoms with Crippen LogP contribution in [0.15, 0.2) is 29.2 Å². The van der Waals surface area contributed by atoms with E-state index in [1.807, 2.05) is 31.2 Å². The second-order valence-electron chi connectivity index (χ2n) is 4.99. The van der Waals surface area contributed by atoms with Crippen molar-refractivity contribution in [3.8, 4) is 0 Å².